The molecule has 2 rings (SSSR count). The molecule has 8 heteroatoms. The Kier molecular flexibility index (Phi) is 4.99. The molecule has 1 aromatic carbocycles. The van der Waals surface area contributed by atoms with Crippen LogP contribution in [0.3, 0.4) is 0 Å². The molecule has 112 valence electrons. The van der Waals surface area contributed by atoms with E-state index in [0.717, 1.165) is 23.7 Å². The second kappa shape index (κ2) is 6.21. The highest BCUT2D eigenvalue weighted by atomic mass is 79.9. The maximum absolute atomic E-state index is 12.5. The summed E-state index contributed by atoms with van der Waals surface area (Å²) in [6.45, 7) is 2.48. The Hall–Kier alpha value is -0.310. The monoisotopic (exact) mass is 425 g/mol. The second-order valence-electron chi connectivity index (χ2n) is 4.91. The van der Waals surface area contributed by atoms with Gasteiger partial charge in [-0.25, -0.2) is 0 Å². The van der Waals surface area contributed by atoms with Gasteiger partial charge in [-0.2, -0.15) is 12.7 Å². The number of hydrogen-bond donors (Lipinski definition) is 2. The first kappa shape index (κ1) is 16.1. The molecule has 20 heavy (non-hydrogen) atoms. The van der Waals surface area contributed by atoms with E-state index in [2.05, 4.69) is 36.6 Å². The van der Waals surface area contributed by atoms with Gasteiger partial charge in [0.2, 0.25) is 0 Å². The van der Waals surface area contributed by atoms with Crippen LogP contribution in [0, 0.1) is 0 Å². The average molecular weight is 427 g/mol. The number of nitrogens with one attached hydrogen (secondary N) is 1. The quantitative estimate of drug-likeness (QED) is 0.727. The summed E-state index contributed by atoms with van der Waals surface area (Å²) in [6.07, 6.45) is 2.84. The average Bonchev–Trinajstić information content (AvgIpc) is 2.34. The number of nitrogens with zero attached hydrogens (tertiary/aromatic N) is 1. The van der Waals surface area contributed by atoms with Crippen molar-refractivity contribution >= 4 is 53.4 Å². The molecule has 5 nitrogen and oxygen atoms in total. The molecular formula is C12H17Br2N3O2S. The van der Waals surface area contributed by atoms with Crippen LogP contribution in [0.2, 0.25) is 0 Å². The van der Waals surface area contributed by atoms with Crippen molar-refractivity contribution in [3.63, 3.8) is 0 Å². The van der Waals surface area contributed by atoms with E-state index in [1.807, 2.05) is 6.92 Å². The Balaban J connectivity index is 2.29. The molecule has 0 saturated carbocycles. The lowest BCUT2D eigenvalue weighted by molar-refractivity contribution is 0.270. The summed E-state index contributed by atoms with van der Waals surface area (Å²) in [4.78, 5) is 0. The van der Waals surface area contributed by atoms with E-state index in [1.54, 1.807) is 12.1 Å². The first-order valence-electron chi connectivity index (χ1n) is 6.35. The molecule has 1 saturated heterocycles. The standard InChI is InChI=1S/C12H17Br2N3O2S/c1-8-4-2-3-5-17(8)20(18,19)16-12-10(14)6-9(13)7-11(12)15/h6-8,16H,2-5,15H2,1H3. The van der Waals surface area contributed by atoms with Crippen LogP contribution in [0.1, 0.15) is 26.2 Å². The molecule has 0 bridgehead atoms. The molecule has 1 aliphatic heterocycles. The smallest absolute Gasteiger partial charge is 0.301 e. The number of halogens is 2. The predicted molar refractivity (Wildman–Crippen MR) is 88.8 cm³/mol. The maximum atomic E-state index is 12.5. The van der Waals surface area contributed by atoms with Crippen molar-refractivity contribution in [2.75, 3.05) is 17.0 Å². The lowest BCUT2D eigenvalue weighted by atomic mass is 10.1. The SMILES string of the molecule is CC1CCCCN1S(=O)(=O)Nc1c(N)cc(Br)cc1Br. The minimum absolute atomic E-state index is 0.0108. The fraction of sp³-hybridized carbons (Fsp3) is 0.500. The Bertz CT molecular complexity index is 584. The molecule has 1 fully saturated rings. The number of piperidine rings is 1. The number of hydrogen-bond acceptors (Lipinski definition) is 3. The summed E-state index contributed by atoms with van der Waals surface area (Å²) in [5.41, 5.74) is 6.64. The van der Waals surface area contributed by atoms with E-state index in [9.17, 15) is 8.42 Å². The van der Waals surface area contributed by atoms with Gasteiger partial charge in [-0.05, 0) is 47.8 Å². The molecule has 0 aliphatic carbocycles. The van der Waals surface area contributed by atoms with Gasteiger partial charge in [-0.15, -0.1) is 0 Å². The minimum atomic E-state index is -3.59. The third-order valence-electron chi connectivity index (χ3n) is 3.37. The zero-order valence-corrected chi connectivity index (χ0v) is 15.1. The van der Waals surface area contributed by atoms with Crippen LogP contribution in [0.25, 0.3) is 0 Å². The summed E-state index contributed by atoms with van der Waals surface area (Å²) < 4.78 is 30.5. The molecule has 1 unspecified atom stereocenters. The van der Waals surface area contributed by atoms with Crippen LogP contribution in [0.5, 0.6) is 0 Å². The van der Waals surface area contributed by atoms with Gasteiger partial charge in [0.05, 0.1) is 11.4 Å². The van der Waals surface area contributed by atoms with Crippen LogP contribution in [-0.4, -0.2) is 25.3 Å². The molecule has 1 aliphatic rings. The molecule has 0 radical (unpaired) electrons. The van der Waals surface area contributed by atoms with E-state index in [1.165, 1.54) is 4.31 Å². The number of anilines is 2. The first-order valence-corrected chi connectivity index (χ1v) is 9.38. The molecule has 0 aromatic heterocycles. The molecule has 1 heterocycles. The van der Waals surface area contributed by atoms with Crippen molar-refractivity contribution in [2.24, 2.45) is 0 Å². The van der Waals surface area contributed by atoms with Crippen LogP contribution in [0.4, 0.5) is 11.4 Å². The van der Waals surface area contributed by atoms with Crippen molar-refractivity contribution in [3.8, 4) is 0 Å². The fourth-order valence-corrected chi connectivity index (χ4v) is 5.36. The van der Waals surface area contributed by atoms with Crippen molar-refractivity contribution < 1.29 is 8.42 Å². The first-order chi connectivity index (χ1) is 9.31. The third kappa shape index (κ3) is 3.47. The van der Waals surface area contributed by atoms with E-state index in [-0.39, 0.29) is 6.04 Å². The Morgan fingerprint density at radius 2 is 2.05 bits per heavy atom. The Morgan fingerprint density at radius 1 is 1.35 bits per heavy atom. The predicted octanol–water partition coefficient (Wildman–Crippen LogP) is 3.32. The summed E-state index contributed by atoms with van der Waals surface area (Å²) in [5, 5.41) is 0. The van der Waals surface area contributed by atoms with Crippen LogP contribution in [-0.2, 0) is 10.2 Å². The molecule has 3 N–H and O–H groups in total. The molecule has 1 atom stereocenters. The number of nitrogen functional groups attached to an aromatic ring is 1. The fourth-order valence-electron chi connectivity index (χ4n) is 2.32. The van der Waals surface area contributed by atoms with Crippen LogP contribution in [0.15, 0.2) is 21.1 Å². The summed E-state index contributed by atoms with van der Waals surface area (Å²) in [6, 6.07) is 3.44. The highest BCUT2D eigenvalue weighted by molar-refractivity contribution is 9.11. The molecule has 0 amide bonds. The highest BCUT2D eigenvalue weighted by Gasteiger charge is 2.30. The van der Waals surface area contributed by atoms with Gasteiger partial charge in [-0.1, -0.05) is 22.4 Å². The molecule has 1 aromatic rings. The van der Waals surface area contributed by atoms with E-state index < -0.39 is 10.2 Å². The normalized spacial score (nSPS) is 20.9. The van der Waals surface area contributed by atoms with Crippen LogP contribution < -0.4 is 10.5 Å². The van der Waals surface area contributed by atoms with Gasteiger partial charge >= 0.3 is 10.2 Å². The van der Waals surface area contributed by atoms with Gasteiger partial charge in [0.15, 0.2) is 0 Å². The Morgan fingerprint density at radius 3 is 2.65 bits per heavy atom. The van der Waals surface area contributed by atoms with E-state index >= 15 is 0 Å². The van der Waals surface area contributed by atoms with Crippen molar-refractivity contribution in [1.82, 2.24) is 4.31 Å². The van der Waals surface area contributed by atoms with Gasteiger partial charge in [0.1, 0.15) is 0 Å². The van der Waals surface area contributed by atoms with Crippen LogP contribution >= 0.6 is 31.9 Å². The maximum Gasteiger partial charge on any atom is 0.301 e. The van der Waals surface area contributed by atoms with Crippen molar-refractivity contribution in [2.45, 2.75) is 32.2 Å². The van der Waals surface area contributed by atoms with Gasteiger partial charge < -0.3 is 5.73 Å². The zero-order valence-electron chi connectivity index (χ0n) is 11.1. The van der Waals surface area contributed by atoms with Gasteiger partial charge in [0.25, 0.3) is 0 Å². The number of benzene rings is 1. The summed E-state index contributed by atoms with van der Waals surface area (Å²) >= 11 is 6.65. The number of rotatable bonds is 3. The summed E-state index contributed by atoms with van der Waals surface area (Å²) in [5.74, 6) is 0. The Labute approximate surface area is 136 Å². The lowest BCUT2D eigenvalue weighted by Gasteiger charge is -2.32. The third-order valence-corrected chi connectivity index (χ3v) is 6.07. The number of nitrogens with two attached hydrogens (primary N) is 1. The molecule has 0 spiro atoms. The van der Waals surface area contributed by atoms with Gasteiger partial charge in [0, 0.05) is 21.5 Å². The summed E-state index contributed by atoms with van der Waals surface area (Å²) in [7, 11) is -3.59. The lowest BCUT2D eigenvalue weighted by Crippen LogP contribution is -2.44. The van der Waals surface area contributed by atoms with E-state index in [0.29, 0.717) is 22.4 Å². The molecular weight excluding hydrogens is 410 g/mol. The van der Waals surface area contributed by atoms with Crippen molar-refractivity contribution in [3.05, 3.63) is 21.1 Å². The van der Waals surface area contributed by atoms with Gasteiger partial charge in [-0.3, -0.25) is 4.72 Å². The highest BCUT2D eigenvalue weighted by Crippen LogP contribution is 2.34. The minimum Gasteiger partial charge on any atom is -0.397 e. The largest absolute Gasteiger partial charge is 0.397 e. The second-order valence-corrected chi connectivity index (χ2v) is 8.31. The van der Waals surface area contributed by atoms with Crippen molar-refractivity contribution in [1.29, 1.82) is 0 Å². The van der Waals surface area contributed by atoms with E-state index in [4.69, 9.17) is 5.73 Å². The topological polar surface area (TPSA) is 75.4 Å². The zero-order chi connectivity index (χ0) is 14.9.